The number of rotatable bonds is 4. The third kappa shape index (κ3) is 4.02. The van der Waals surface area contributed by atoms with Crippen molar-refractivity contribution in [2.75, 3.05) is 13.1 Å². The summed E-state index contributed by atoms with van der Waals surface area (Å²) in [5, 5.41) is 3.34. The van der Waals surface area contributed by atoms with Crippen LogP contribution in [0.2, 0.25) is 0 Å². The Hall–Kier alpha value is -1.06. The average molecular weight is 324 g/mol. The molecule has 1 aliphatic heterocycles. The van der Waals surface area contributed by atoms with Crippen LogP contribution in [-0.2, 0) is 0 Å². The van der Waals surface area contributed by atoms with Crippen molar-refractivity contribution in [1.29, 1.82) is 0 Å². The number of hydrogen-bond acceptors (Lipinski definition) is 3. The van der Waals surface area contributed by atoms with Crippen LogP contribution in [-0.4, -0.2) is 25.5 Å². The number of benzene rings is 1. The quantitative estimate of drug-likeness (QED) is 0.852. The lowest BCUT2D eigenvalue weighted by molar-refractivity contribution is 0.112. The average Bonchev–Trinajstić information content (AvgIpc) is 3.02. The summed E-state index contributed by atoms with van der Waals surface area (Å²) in [6.07, 6.45) is 7.26. The SMILES string of the molecule is CC1CCC(c2cc(C=O)ccc2OC2CCNC2)CC1.Cl. The fourth-order valence-electron chi connectivity index (χ4n) is 3.55. The highest BCUT2D eigenvalue weighted by Gasteiger charge is 2.24. The van der Waals surface area contributed by atoms with Gasteiger partial charge >= 0.3 is 0 Å². The molecule has 1 aromatic rings. The Kier molecular flexibility index (Phi) is 6.27. The van der Waals surface area contributed by atoms with E-state index in [0.717, 1.165) is 43.0 Å². The zero-order valence-electron chi connectivity index (χ0n) is 13.2. The minimum Gasteiger partial charge on any atom is -0.489 e. The smallest absolute Gasteiger partial charge is 0.150 e. The molecule has 1 atom stereocenters. The molecule has 0 amide bonds. The van der Waals surface area contributed by atoms with Gasteiger partial charge in [-0.15, -0.1) is 12.4 Å². The third-order valence-corrected chi connectivity index (χ3v) is 4.93. The van der Waals surface area contributed by atoms with Crippen LogP contribution in [0.3, 0.4) is 0 Å². The van der Waals surface area contributed by atoms with Crippen molar-refractivity contribution in [3.63, 3.8) is 0 Å². The fraction of sp³-hybridized carbons (Fsp3) is 0.611. The van der Waals surface area contributed by atoms with Gasteiger partial charge in [0.25, 0.3) is 0 Å². The van der Waals surface area contributed by atoms with E-state index >= 15 is 0 Å². The first-order chi connectivity index (χ1) is 10.3. The maximum atomic E-state index is 11.1. The van der Waals surface area contributed by atoms with Gasteiger partial charge < -0.3 is 10.1 Å². The predicted octanol–water partition coefficient (Wildman–Crippen LogP) is 3.96. The Balaban J connectivity index is 0.00000176. The Bertz CT molecular complexity index is 492. The molecular weight excluding hydrogens is 298 g/mol. The van der Waals surface area contributed by atoms with Gasteiger partial charge in [-0.1, -0.05) is 19.8 Å². The molecule has 1 N–H and O–H groups in total. The van der Waals surface area contributed by atoms with Crippen LogP contribution in [0.15, 0.2) is 18.2 Å². The number of halogens is 1. The molecule has 4 heteroatoms. The maximum absolute atomic E-state index is 11.1. The van der Waals surface area contributed by atoms with E-state index in [1.165, 1.54) is 31.2 Å². The van der Waals surface area contributed by atoms with E-state index in [-0.39, 0.29) is 18.5 Å². The normalized spacial score (nSPS) is 28.0. The van der Waals surface area contributed by atoms with Gasteiger partial charge in [-0.05, 0) is 61.4 Å². The maximum Gasteiger partial charge on any atom is 0.150 e. The zero-order chi connectivity index (χ0) is 14.7. The number of nitrogens with one attached hydrogen (secondary N) is 1. The molecule has 1 saturated carbocycles. The standard InChI is InChI=1S/C18H25NO2.ClH/c1-13-2-5-15(6-3-13)17-10-14(12-20)4-7-18(17)21-16-8-9-19-11-16;/h4,7,10,12-13,15-16,19H,2-3,5-6,8-9,11H2,1H3;1H. The molecule has 2 aliphatic rings. The molecule has 1 aromatic carbocycles. The van der Waals surface area contributed by atoms with E-state index in [1.807, 2.05) is 18.2 Å². The summed E-state index contributed by atoms with van der Waals surface area (Å²) in [5.41, 5.74) is 2.01. The van der Waals surface area contributed by atoms with Crippen molar-refractivity contribution < 1.29 is 9.53 Å². The molecule has 0 aromatic heterocycles. The van der Waals surface area contributed by atoms with Gasteiger partial charge in [-0.25, -0.2) is 0 Å². The summed E-state index contributed by atoms with van der Waals surface area (Å²) in [6, 6.07) is 5.92. The molecule has 2 fully saturated rings. The van der Waals surface area contributed by atoms with Gasteiger partial charge in [0.15, 0.2) is 0 Å². The molecule has 1 saturated heterocycles. The Morgan fingerprint density at radius 1 is 1.18 bits per heavy atom. The van der Waals surface area contributed by atoms with Gasteiger partial charge in [0, 0.05) is 12.1 Å². The Morgan fingerprint density at radius 2 is 1.95 bits per heavy atom. The number of hydrogen-bond donors (Lipinski definition) is 1. The lowest BCUT2D eigenvalue weighted by atomic mass is 9.79. The fourth-order valence-corrected chi connectivity index (χ4v) is 3.55. The van der Waals surface area contributed by atoms with Crippen LogP contribution in [0.5, 0.6) is 5.75 Å². The second kappa shape index (κ2) is 7.98. The number of carbonyl (C=O) groups is 1. The largest absolute Gasteiger partial charge is 0.489 e. The Morgan fingerprint density at radius 3 is 2.59 bits per heavy atom. The van der Waals surface area contributed by atoms with Crippen LogP contribution in [0.4, 0.5) is 0 Å². The van der Waals surface area contributed by atoms with Gasteiger partial charge in [0.2, 0.25) is 0 Å². The van der Waals surface area contributed by atoms with Crippen molar-refractivity contribution in [3.8, 4) is 5.75 Å². The molecule has 3 rings (SSSR count). The Labute approximate surface area is 139 Å². The molecular formula is C18H26ClNO2. The van der Waals surface area contributed by atoms with E-state index in [2.05, 4.69) is 12.2 Å². The van der Waals surface area contributed by atoms with Gasteiger partial charge in [0.05, 0.1) is 0 Å². The summed E-state index contributed by atoms with van der Waals surface area (Å²) in [7, 11) is 0. The topological polar surface area (TPSA) is 38.3 Å². The van der Waals surface area contributed by atoms with Gasteiger partial charge in [-0.2, -0.15) is 0 Å². The van der Waals surface area contributed by atoms with E-state index in [1.54, 1.807) is 0 Å². The first-order valence-electron chi connectivity index (χ1n) is 8.22. The molecule has 1 aliphatic carbocycles. The minimum absolute atomic E-state index is 0. The van der Waals surface area contributed by atoms with Crippen LogP contribution in [0.1, 0.15) is 60.9 Å². The highest BCUT2D eigenvalue weighted by molar-refractivity contribution is 5.85. The first kappa shape index (κ1) is 17.3. The van der Waals surface area contributed by atoms with Crippen molar-refractivity contribution in [1.82, 2.24) is 5.32 Å². The van der Waals surface area contributed by atoms with E-state index in [0.29, 0.717) is 5.92 Å². The van der Waals surface area contributed by atoms with E-state index in [9.17, 15) is 4.79 Å². The third-order valence-electron chi connectivity index (χ3n) is 4.93. The molecule has 22 heavy (non-hydrogen) atoms. The second-order valence-corrected chi connectivity index (χ2v) is 6.60. The highest BCUT2D eigenvalue weighted by Crippen LogP contribution is 2.40. The van der Waals surface area contributed by atoms with Crippen molar-refractivity contribution >= 4 is 18.7 Å². The van der Waals surface area contributed by atoms with E-state index in [4.69, 9.17) is 4.74 Å². The lowest BCUT2D eigenvalue weighted by Gasteiger charge is -2.28. The number of aldehydes is 1. The zero-order valence-corrected chi connectivity index (χ0v) is 14.0. The van der Waals surface area contributed by atoms with Gasteiger partial charge in [-0.3, -0.25) is 4.79 Å². The summed E-state index contributed by atoms with van der Waals surface area (Å²) >= 11 is 0. The summed E-state index contributed by atoms with van der Waals surface area (Å²) < 4.78 is 6.21. The van der Waals surface area contributed by atoms with Crippen molar-refractivity contribution in [2.24, 2.45) is 5.92 Å². The van der Waals surface area contributed by atoms with Crippen LogP contribution < -0.4 is 10.1 Å². The van der Waals surface area contributed by atoms with Crippen LogP contribution in [0.25, 0.3) is 0 Å². The molecule has 0 spiro atoms. The highest BCUT2D eigenvalue weighted by atomic mass is 35.5. The number of carbonyl (C=O) groups excluding carboxylic acids is 1. The summed E-state index contributed by atoms with van der Waals surface area (Å²) in [5.74, 6) is 2.37. The minimum atomic E-state index is 0. The monoisotopic (exact) mass is 323 g/mol. The molecule has 3 nitrogen and oxygen atoms in total. The molecule has 1 unspecified atom stereocenters. The van der Waals surface area contributed by atoms with Crippen LogP contribution in [0, 0.1) is 5.92 Å². The second-order valence-electron chi connectivity index (χ2n) is 6.60. The lowest BCUT2D eigenvalue weighted by Crippen LogP contribution is -2.21. The molecule has 1 heterocycles. The predicted molar refractivity (Wildman–Crippen MR) is 91.4 cm³/mol. The molecule has 0 bridgehead atoms. The molecule has 122 valence electrons. The van der Waals surface area contributed by atoms with Crippen molar-refractivity contribution in [2.45, 2.75) is 51.0 Å². The van der Waals surface area contributed by atoms with Crippen LogP contribution >= 0.6 is 12.4 Å². The number of ether oxygens (including phenoxy) is 1. The van der Waals surface area contributed by atoms with Gasteiger partial charge in [0.1, 0.15) is 18.1 Å². The first-order valence-corrected chi connectivity index (χ1v) is 8.22. The summed E-state index contributed by atoms with van der Waals surface area (Å²) in [4.78, 5) is 11.1. The van der Waals surface area contributed by atoms with Crippen molar-refractivity contribution in [3.05, 3.63) is 29.3 Å². The van der Waals surface area contributed by atoms with E-state index < -0.39 is 0 Å². The molecule has 0 radical (unpaired) electrons. The summed E-state index contributed by atoms with van der Waals surface area (Å²) in [6.45, 7) is 4.30.